The van der Waals surface area contributed by atoms with E-state index in [1.54, 1.807) is 0 Å². The Balaban J connectivity index is 1.79. The first-order valence-corrected chi connectivity index (χ1v) is 8.25. The van der Waals surface area contributed by atoms with Gasteiger partial charge in [0.1, 0.15) is 11.5 Å². The average molecular weight is 367 g/mol. The summed E-state index contributed by atoms with van der Waals surface area (Å²) < 4.78 is 6.94. The van der Waals surface area contributed by atoms with Crippen molar-refractivity contribution in [3.8, 4) is 11.5 Å². The van der Waals surface area contributed by atoms with Gasteiger partial charge >= 0.3 is 0 Å². The van der Waals surface area contributed by atoms with Gasteiger partial charge in [0.25, 0.3) is 0 Å². The summed E-state index contributed by atoms with van der Waals surface area (Å²) in [4.78, 5) is 0. The summed E-state index contributed by atoms with van der Waals surface area (Å²) in [5, 5.41) is 4.13. The molecule has 0 aliphatic heterocycles. The van der Waals surface area contributed by atoms with E-state index in [0.717, 1.165) is 22.3 Å². The Morgan fingerprint density at radius 2 is 2.00 bits per heavy atom. The van der Waals surface area contributed by atoms with Crippen molar-refractivity contribution < 1.29 is 4.74 Å². The van der Waals surface area contributed by atoms with E-state index >= 15 is 0 Å². The van der Waals surface area contributed by atoms with Crippen LogP contribution in [0.25, 0.3) is 0 Å². The Hall–Kier alpha value is -1.03. The zero-order valence-corrected chi connectivity index (χ0v) is 14.2. The number of aryl methyl sites for hydroxylation is 1. The van der Waals surface area contributed by atoms with Gasteiger partial charge in [-0.05, 0) is 55.2 Å². The number of hydrogen-bond donors (Lipinski definition) is 1. The highest BCUT2D eigenvalue weighted by Crippen LogP contribution is 2.33. The number of benzene rings is 2. The molecule has 110 valence electrons. The van der Waals surface area contributed by atoms with E-state index in [-0.39, 0.29) is 0 Å². The Bertz CT molecular complexity index is 655. The van der Waals surface area contributed by atoms with Gasteiger partial charge < -0.3 is 10.1 Å². The molecule has 0 unspecified atom stereocenters. The number of hydrogen-bond acceptors (Lipinski definition) is 2. The summed E-state index contributed by atoms with van der Waals surface area (Å²) in [6.45, 7) is 2.92. The number of ether oxygens (including phenoxy) is 1. The molecule has 21 heavy (non-hydrogen) atoms. The normalized spacial score (nSPS) is 14.2. The second-order valence-corrected chi connectivity index (χ2v) is 6.75. The van der Waals surface area contributed by atoms with Gasteiger partial charge in [-0.2, -0.15) is 0 Å². The van der Waals surface area contributed by atoms with Crippen molar-refractivity contribution in [1.82, 2.24) is 5.32 Å². The predicted octanol–water partition coefficient (Wildman–Crippen LogP) is 5.46. The Kier molecular flexibility index (Phi) is 4.53. The van der Waals surface area contributed by atoms with Crippen LogP contribution in [-0.2, 0) is 6.54 Å². The molecule has 2 aromatic carbocycles. The fourth-order valence-corrected chi connectivity index (χ4v) is 2.58. The van der Waals surface area contributed by atoms with Crippen LogP contribution in [0, 0.1) is 6.92 Å². The van der Waals surface area contributed by atoms with Gasteiger partial charge in [-0.25, -0.2) is 0 Å². The largest absolute Gasteiger partial charge is 0.455 e. The molecule has 1 fully saturated rings. The van der Waals surface area contributed by atoms with Crippen LogP contribution >= 0.6 is 27.5 Å². The highest BCUT2D eigenvalue weighted by molar-refractivity contribution is 9.10. The molecule has 0 bridgehead atoms. The molecule has 1 N–H and O–H groups in total. The maximum Gasteiger partial charge on any atom is 0.147 e. The van der Waals surface area contributed by atoms with Crippen LogP contribution < -0.4 is 10.1 Å². The molecular formula is C17H17BrClNO. The van der Waals surface area contributed by atoms with Gasteiger partial charge in [-0.15, -0.1) is 0 Å². The van der Waals surface area contributed by atoms with Gasteiger partial charge in [0.15, 0.2) is 0 Å². The summed E-state index contributed by atoms with van der Waals surface area (Å²) in [5.74, 6) is 1.52. The molecule has 0 radical (unpaired) electrons. The molecule has 1 aliphatic rings. The Morgan fingerprint density at radius 3 is 2.76 bits per heavy atom. The number of halogens is 2. The zero-order chi connectivity index (χ0) is 14.8. The van der Waals surface area contributed by atoms with Gasteiger partial charge in [0.05, 0.1) is 5.02 Å². The molecule has 0 heterocycles. The molecule has 4 heteroatoms. The smallest absolute Gasteiger partial charge is 0.147 e. The minimum absolute atomic E-state index is 0.610. The van der Waals surface area contributed by atoms with Gasteiger partial charge in [-0.3, -0.25) is 0 Å². The van der Waals surface area contributed by atoms with E-state index in [4.69, 9.17) is 16.3 Å². The minimum Gasteiger partial charge on any atom is -0.455 e. The Morgan fingerprint density at radius 1 is 1.19 bits per heavy atom. The predicted molar refractivity (Wildman–Crippen MR) is 90.3 cm³/mol. The molecule has 1 aliphatic carbocycles. The molecule has 0 spiro atoms. The van der Waals surface area contributed by atoms with Crippen LogP contribution in [0.2, 0.25) is 5.02 Å². The standard InChI is InChI=1S/C17H17BrClNO/c1-11-2-3-12(10-20-14-5-6-14)8-16(11)21-17-9-13(18)4-7-15(17)19/h2-4,7-9,14,20H,5-6,10H2,1H3. The van der Waals surface area contributed by atoms with E-state index in [2.05, 4.69) is 39.4 Å². The van der Waals surface area contributed by atoms with Crippen LogP contribution in [0.3, 0.4) is 0 Å². The van der Waals surface area contributed by atoms with E-state index in [9.17, 15) is 0 Å². The molecule has 1 saturated carbocycles. The molecule has 3 rings (SSSR count). The van der Waals surface area contributed by atoms with Gasteiger partial charge in [0, 0.05) is 17.1 Å². The van der Waals surface area contributed by atoms with Crippen LogP contribution in [0.5, 0.6) is 11.5 Å². The van der Waals surface area contributed by atoms with Crippen LogP contribution in [0.1, 0.15) is 24.0 Å². The van der Waals surface area contributed by atoms with Crippen LogP contribution in [0.4, 0.5) is 0 Å². The fraction of sp³-hybridized carbons (Fsp3) is 0.294. The lowest BCUT2D eigenvalue weighted by Crippen LogP contribution is -2.15. The maximum atomic E-state index is 6.19. The first-order valence-electron chi connectivity index (χ1n) is 7.07. The second-order valence-electron chi connectivity index (χ2n) is 5.43. The molecule has 2 aromatic rings. The summed E-state index contributed by atoms with van der Waals surface area (Å²) in [6.07, 6.45) is 2.59. The average Bonchev–Trinajstić information content (AvgIpc) is 3.28. The lowest BCUT2D eigenvalue weighted by Gasteiger charge is -2.12. The van der Waals surface area contributed by atoms with Crippen molar-refractivity contribution in [1.29, 1.82) is 0 Å². The monoisotopic (exact) mass is 365 g/mol. The molecular weight excluding hydrogens is 350 g/mol. The number of nitrogens with one attached hydrogen (secondary N) is 1. The molecule has 2 nitrogen and oxygen atoms in total. The highest BCUT2D eigenvalue weighted by Gasteiger charge is 2.20. The topological polar surface area (TPSA) is 21.3 Å². The summed E-state index contributed by atoms with van der Waals surface area (Å²) >= 11 is 9.63. The van der Waals surface area contributed by atoms with Crippen molar-refractivity contribution in [2.24, 2.45) is 0 Å². The van der Waals surface area contributed by atoms with Gasteiger partial charge in [0.2, 0.25) is 0 Å². The quantitative estimate of drug-likeness (QED) is 0.759. The van der Waals surface area contributed by atoms with Crippen LogP contribution in [-0.4, -0.2) is 6.04 Å². The number of rotatable bonds is 5. The summed E-state index contributed by atoms with van der Waals surface area (Å²) in [7, 11) is 0. The third-order valence-corrected chi connectivity index (χ3v) is 4.34. The molecule has 0 saturated heterocycles. The van der Waals surface area contributed by atoms with Crippen molar-refractivity contribution >= 4 is 27.5 Å². The molecule has 0 atom stereocenters. The highest BCUT2D eigenvalue weighted by atomic mass is 79.9. The van der Waals surface area contributed by atoms with E-state index in [1.807, 2.05) is 25.1 Å². The van der Waals surface area contributed by atoms with E-state index < -0.39 is 0 Å². The van der Waals surface area contributed by atoms with Crippen LogP contribution in [0.15, 0.2) is 40.9 Å². The third kappa shape index (κ3) is 4.00. The first kappa shape index (κ1) is 14.9. The van der Waals surface area contributed by atoms with Gasteiger partial charge in [-0.1, -0.05) is 39.7 Å². The van der Waals surface area contributed by atoms with Crippen molar-refractivity contribution in [2.45, 2.75) is 32.4 Å². The van der Waals surface area contributed by atoms with Crippen molar-refractivity contribution in [2.75, 3.05) is 0 Å². The van der Waals surface area contributed by atoms with E-state index in [0.29, 0.717) is 16.8 Å². The second kappa shape index (κ2) is 6.39. The van der Waals surface area contributed by atoms with E-state index in [1.165, 1.54) is 18.4 Å². The SMILES string of the molecule is Cc1ccc(CNC2CC2)cc1Oc1cc(Br)ccc1Cl. The first-order chi connectivity index (χ1) is 10.1. The maximum absolute atomic E-state index is 6.19. The lowest BCUT2D eigenvalue weighted by atomic mass is 10.1. The summed E-state index contributed by atoms with van der Waals surface area (Å²) in [5.41, 5.74) is 2.33. The van der Waals surface area contributed by atoms with Crippen molar-refractivity contribution in [3.63, 3.8) is 0 Å². The zero-order valence-electron chi connectivity index (χ0n) is 11.8. The Labute approximate surface area is 138 Å². The molecule has 0 aromatic heterocycles. The third-order valence-electron chi connectivity index (χ3n) is 3.54. The van der Waals surface area contributed by atoms with Crippen molar-refractivity contribution in [3.05, 3.63) is 57.0 Å². The minimum atomic E-state index is 0.610. The molecule has 0 amide bonds. The fourth-order valence-electron chi connectivity index (χ4n) is 2.09. The lowest BCUT2D eigenvalue weighted by molar-refractivity contribution is 0.477. The summed E-state index contributed by atoms with van der Waals surface area (Å²) in [6, 6.07) is 12.6.